The Morgan fingerprint density at radius 1 is 1.40 bits per heavy atom. The van der Waals surface area contributed by atoms with E-state index >= 15 is 0 Å². The SMILES string of the molecule is O=CNCCC(=O)NCc1cc[c]cc1. The molecule has 0 bridgehead atoms. The fraction of sp³-hybridized carbons (Fsp3) is 0.273. The maximum absolute atomic E-state index is 11.2. The molecular formula is C11H13N2O2. The zero-order valence-electron chi connectivity index (χ0n) is 8.32. The summed E-state index contributed by atoms with van der Waals surface area (Å²) in [6.07, 6.45) is 0.887. The summed E-state index contributed by atoms with van der Waals surface area (Å²) < 4.78 is 0. The molecule has 1 aromatic rings. The fourth-order valence-corrected chi connectivity index (χ4v) is 1.07. The molecule has 0 heterocycles. The molecule has 0 aliphatic rings. The Balaban J connectivity index is 2.20. The highest BCUT2D eigenvalue weighted by Gasteiger charge is 1.99. The van der Waals surface area contributed by atoms with E-state index in [0.29, 0.717) is 25.9 Å². The number of nitrogens with one attached hydrogen (secondary N) is 2. The molecule has 0 saturated carbocycles. The van der Waals surface area contributed by atoms with Gasteiger partial charge in [-0.3, -0.25) is 9.59 Å². The van der Waals surface area contributed by atoms with Crippen molar-refractivity contribution in [3.05, 3.63) is 35.9 Å². The Bertz CT molecular complexity index is 312. The molecule has 0 unspecified atom stereocenters. The highest BCUT2D eigenvalue weighted by Crippen LogP contribution is 1.96. The van der Waals surface area contributed by atoms with E-state index < -0.39 is 0 Å². The van der Waals surface area contributed by atoms with Crippen LogP contribution < -0.4 is 10.6 Å². The third-order valence-electron chi connectivity index (χ3n) is 1.86. The molecule has 0 aliphatic carbocycles. The molecule has 1 aromatic carbocycles. The molecule has 4 heteroatoms. The van der Waals surface area contributed by atoms with Gasteiger partial charge in [-0.2, -0.15) is 0 Å². The molecular weight excluding hydrogens is 192 g/mol. The van der Waals surface area contributed by atoms with Crippen LogP contribution in [0, 0.1) is 6.07 Å². The van der Waals surface area contributed by atoms with Crippen LogP contribution in [0.2, 0.25) is 0 Å². The average molecular weight is 205 g/mol. The lowest BCUT2D eigenvalue weighted by atomic mass is 10.2. The second-order valence-electron chi connectivity index (χ2n) is 3.01. The van der Waals surface area contributed by atoms with Crippen molar-refractivity contribution >= 4 is 12.3 Å². The number of rotatable bonds is 6. The molecule has 0 spiro atoms. The minimum Gasteiger partial charge on any atom is -0.358 e. The molecule has 1 rings (SSSR count). The van der Waals surface area contributed by atoms with Crippen molar-refractivity contribution < 1.29 is 9.59 Å². The van der Waals surface area contributed by atoms with Crippen molar-refractivity contribution in [2.75, 3.05) is 6.54 Å². The second-order valence-corrected chi connectivity index (χ2v) is 3.01. The highest BCUT2D eigenvalue weighted by molar-refractivity contribution is 5.76. The maximum Gasteiger partial charge on any atom is 0.222 e. The third-order valence-corrected chi connectivity index (χ3v) is 1.86. The van der Waals surface area contributed by atoms with E-state index in [4.69, 9.17) is 0 Å². The van der Waals surface area contributed by atoms with Gasteiger partial charge in [0.05, 0.1) is 0 Å². The first-order chi connectivity index (χ1) is 7.33. The maximum atomic E-state index is 11.2. The van der Waals surface area contributed by atoms with Crippen LogP contribution >= 0.6 is 0 Å². The second kappa shape index (κ2) is 6.59. The summed E-state index contributed by atoms with van der Waals surface area (Å²) in [5, 5.41) is 5.18. The summed E-state index contributed by atoms with van der Waals surface area (Å²) in [4.78, 5) is 21.1. The monoisotopic (exact) mass is 205 g/mol. The van der Waals surface area contributed by atoms with Crippen LogP contribution in [0.25, 0.3) is 0 Å². The molecule has 2 amide bonds. The van der Waals surface area contributed by atoms with Crippen molar-refractivity contribution in [2.24, 2.45) is 0 Å². The van der Waals surface area contributed by atoms with Crippen LogP contribution in [-0.2, 0) is 16.1 Å². The quantitative estimate of drug-likeness (QED) is 0.516. The topological polar surface area (TPSA) is 58.2 Å². The van der Waals surface area contributed by atoms with Gasteiger partial charge in [-0.15, -0.1) is 0 Å². The number of hydrogen-bond acceptors (Lipinski definition) is 2. The van der Waals surface area contributed by atoms with Crippen molar-refractivity contribution in [3.63, 3.8) is 0 Å². The molecule has 0 atom stereocenters. The molecule has 0 aliphatic heterocycles. The van der Waals surface area contributed by atoms with Crippen LogP contribution in [-0.4, -0.2) is 18.9 Å². The van der Waals surface area contributed by atoms with E-state index in [0.717, 1.165) is 5.56 Å². The van der Waals surface area contributed by atoms with E-state index in [1.807, 2.05) is 12.1 Å². The summed E-state index contributed by atoms with van der Waals surface area (Å²) in [5.74, 6) is -0.0721. The van der Waals surface area contributed by atoms with Gasteiger partial charge in [0, 0.05) is 19.5 Å². The largest absolute Gasteiger partial charge is 0.358 e. The predicted molar refractivity (Wildman–Crippen MR) is 55.8 cm³/mol. The van der Waals surface area contributed by atoms with Crippen molar-refractivity contribution in [3.8, 4) is 0 Å². The van der Waals surface area contributed by atoms with Crippen LogP contribution in [0.4, 0.5) is 0 Å². The van der Waals surface area contributed by atoms with Gasteiger partial charge in [0.2, 0.25) is 12.3 Å². The van der Waals surface area contributed by atoms with Gasteiger partial charge in [0.1, 0.15) is 0 Å². The minimum absolute atomic E-state index is 0.0721. The first-order valence-corrected chi connectivity index (χ1v) is 4.71. The lowest BCUT2D eigenvalue weighted by Gasteiger charge is -2.04. The molecule has 4 nitrogen and oxygen atoms in total. The summed E-state index contributed by atoms with van der Waals surface area (Å²) >= 11 is 0. The fourth-order valence-electron chi connectivity index (χ4n) is 1.07. The normalized spacial score (nSPS) is 9.33. The number of hydrogen-bond donors (Lipinski definition) is 2. The van der Waals surface area contributed by atoms with Gasteiger partial charge < -0.3 is 10.6 Å². The predicted octanol–water partition coefficient (Wildman–Crippen LogP) is 0.239. The van der Waals surface area contributed by atoms with Crippen LogP contribution in [0.3, 0.4) is 0 Å². The molecule has 79 valence electrons. The highest BCUT2D eigenvalue weighted by atomic mass is 16.1. The van der Waals surface area contributed by atoms with Crippen molar-refractivity contribution in [1.29, 1.82) is 0 Å². The number of carbonyl (C=O) groups excluding carboxylic acids is 2. The number of benzene rings is 1. The summed E-state index contributed by atoms with van der Waals surface area (Å²) in [7, 11) is 0. The smallest absolute Gasteiger partial charge is 0.222 e. The van der Waals surface area contributed by atoms with E-state index in [9.17, 15) is 9.59 Å². The molecule has 0 fully saturated rings. The van der Waals surface area contributed by atoms with Gasteiger partial charge in [0.25, 0.3) is 0 Å². The van der Waals surface area contributed by atoms with Gasteiger partial charge >= 0.3 is 0 Å². The van der Waals surface area contributed by atoms with Gasteiger partial charge in [-0.05, 0) is 11.6 Å². The molecule has 0 saturated heterocycles. The number of amides is 2. The first-order valence-electron chi connectivity index (χ1n) is 4.71. The lowest BCUT2D eigenvalue weighted by Crippen LogP contribution is -2.26. The van der Waals surface area contributed by atoms with Crippen molar-refractivity contribution in [1.82, 2.24) is 10.6 Å². The van der Waals surface area contributed by atoms with Gasteiger partial charge in [-0.1, -0.05) is 24.3 Å². The van der Waals surface area contributed by atoms with Gasteiger partial charge in [-0.25, -0.2) is 0 Å². The Morgan fingerprint density at radius 2 is 2.13 bits per heavy atom. The Morgan fingerprint density at radius 3 is 2.80 bits per heavy atom. The van der Waals surface area contributed by atoms with Crippen LogP contribution in [0.5, 0.6) is 0 Å². The molecule has 1 radical (unpaired) electrons. The molecule has 15 heavy (non-hydrogen) atoms. The third kappa shape index (κ3) is 4.81. The van der Waals surface area contributed by atoms with Crippen LogP contribution in [0.15, 0.2) is 24.3 Å². The Labute approximate surface area is 88.7 Å². The average Bonchev–Trinajstić information content (AvgIpc) is 2.28. The first kappa shape index (κ1) is 11.2. The van der Waals surface area contributed by atoms with E-state index in [1.54, 1.807) is 12.1 Å². The summed E-state index contributed by atoms with van der Waals surface area (Å²) in [6, 6.07) is 10.3. The standard InChI is InChI=1S/C11H13N2O2/c14-9-12-7-6-11(15)13-8-10-4-2-1-3-5-10/h2-5,9H,6-8H2,(H,12,14)(H,13,15). The van der Waals surface area contributed by atoms with E-state index in [-0.39, 0.29) is 5.91 Å². The zero-order valence-corrected chi connectivity index (χ0v) is 8.32. The van der Waals surface area contributed by atoms with Gasteiger partial charge in [0.15, 0.2) is 0 Å². The summed E-state index contributed by atoms with van der Waals surface area (Å²) in [5.41, 5.74) is 1.03. The van der Waals surface area contributed by atoms with Crippen molar-refractivity contribution in [2.45, 2.75) is 13.0 Å². The van der Waals surface area contributed by atoms with E-state index in [2.05, 4.69) is 16.7 Å². The molecule has 2 N–H and O–H groups in total. The van der Waals surface area contributed by atoms with E-state index in [1.165, 1.54) is 0 Å². The number of carbonyl (C=O) groups is 2. The zero-order chi connectivity index (χ0) is 10.9. The molecule has 0 aromatic heterocycles. The summed E-state index contributed by atoms with van der Waals surface area (Å²) in [6.45, 7) is 0.881. The van der Waals surface area contributed by atoms with Crippen LogP contribution in [0.1, 0.15) is 12.0 Å². The Kier molecular flexibility index (Phi) is 4.94. The lowest BCUT2D eigenvalue weighted by molar-refractivity contribution is -0.121. The Hall–Kier alpha value is -1.84. The minimum atomic E-state index is -0.0721.